The first kappa shape index (κ1) is 11.3. The highest BCUT2D eigenvalue weighted by atomic mass is 32.2. The van der Waals surface area contributed by atoms with Crippen LogP contribution in [0.2, 0.25) is 0 Å². The predicted molar refractivity (Wildman–Crippen MR) is 54.4 cm³/mol. The van der Waals surface area contributed by atoms with E-state index in [1.165, 1.54) is 0 Å². The van der Waals surface area contributed by atoms with Crippen LogP contribution in [0.5, 0.6) is 0 Å². The molecule has 1 aliphatic rings. The number of primary sulfonamides is 1. The molecule has 0 atom stereocenters. The van der Waals surface area contributed by atoms with Crippen LogP contribution in [0.15, 0.2) is 17.0 Å². The van der Waals surface area contributed by atoms with Crippen LogP contribution in [0.3, 0.4) is 0 Å². The van der Waals surface area contributed by atoms with Crippen LogP contribution in [-0.4, -0.2) is 14.5 Å². The number of benzene rings is 1. The maximum atomic E-state index is 13.4. The van der Waals surface area contributed by atoms with Gasteiger partial charge in [0.05, 0.1) is 5.69 Å². The molecule has 1 aromatic carbocycles. The molecule has 16 heavy (non-hydrogen) atoms. The van der Waals surface area contributed by atoms with Gasteiger partial charge in [-0.15, -0.1) is 0 Å². The van der Waals surface area contributed by atoms with E-state index in [1.807, 2.05) is 0 Å². The highest BCUT2D eigenvalue weighted by Gasteiger charge is 2.26. The van der Waals surface area contributed by atoms with Crippen molar-refractivity contribution in [3.63, 3.8) is 0 Å². The van der Waals surface area contributed by atoms with Crippen molar-refractivity contribution in [1.82, 2.24) is 0 Å². The van der Waals surface area contributed by atoms with Gasteiger partial charge in [0.25, 0.3) is 0 Å². The van der Waals surface area contributed by atoms with Crippen LogP contribution in [0.4, 0.5) is 14.5 Å². The lowest BCUT2D eigenvalue weighted by Gasteiger charge is -2.11. The third-order valence-electron chi connectivity index (χ3n) is 2.25. The minimum absolute atomic E-state index is 0.0421. The molecule has 3 N–H and O–H groups in total. The maximum Gasteiger partial charge on any atom is 0.240 e. The van der Waals surface area contributed by atoms with Crippen LogP contribution >= 0.6 is 0 Å². The summed E-state index contributed by atoms with van der Waals surface area (Å²) in [5.41, 5.74) is -0.244. The second-order valence-corrected chi connectivity index (χ2v) is 5.25. The summed E-state index contributed by atoms with van der Waals surface area (Å²) in [6.45, 7) is 0. The van der Waals surface area contributed by atoms with Crippen molar-refractivity contribution < 1.29 is 17.2 Å². The zero-order chi connectivity index (χ0) is 11.9. The van der Waals surface area contributed by atoms with E-state index in [-0.39, 0.29) is 11.7 Å². The van der Waals surface area contributed by atoms with Crippen molar-refractivity contribution in [1.29, 1.82) is 0 Å². The molecule has 1 aromatic rings. The third kappa shape index (κ3) is 2.30. The Morgan fingerprint density at radius 1 is 1.31 bits per heavy atom. The molecule has 1 aliphatic carbocycles. The minimum atomic E-state index is -4.14. The first-order valence-corrected chi connectivity index (χ1v) is 6.21. The molecule has 0 aliphatic heterocycles. The van der Waals surface area contributed by atoms with Crippen molar-refractivity contribution in [2.75, 3.05) is 5.32 Å². The second kappa shape index (κ2) is 3.67. The lowest BCUT2D eigenvalue weighted by atomic mass is 10.3. The Balaban J connectivity index is 2.54. The zero-order valence-corrected chi connectivity index (χ0v) is 9.02. The van der Waals surface area contributed by atoms with E-state index in [2.05, 4.69) is 5.32 Å². The highest BCUT2D eigenvalue weighted by molar-refractivity contribution is 7.89. The average Bonchev–Trinajstić information content (AvgIpc) is 2.91. The van der Waals surface area contributed by atoms with Crippen molar-refractivity contribution in [2.45, 2.75) is 23.8 Å². The van der Waals surface area contributed by atoms with Crippen LogP contribution < -0.4 is 10.5 Å². The van der Waals surface area contributed by atoms with Crippen molar-refractivity contribution in [2.24, 2.45) is 5.14 Å². The Morgan fingerprint density at radius 2 is 1.94 bits per heavy atom. The molecular weight excluding hydrogens is 238 g/mol. The predicted octanol–water partition coefficient (Wildman–Crippen LogP) is 1.19. The van der Waals surface area contributed by atoms with E-state index >= 15 is 0 Å². The summed E-state index contributed by atoms with van der Waals surface area (Å²) >= 11 is 0. The SMILES string of the molecule is NS(=O)(=O)c1cc(F)cc(F)c1NC1CC1. The molecule has 0 radical (unpaired) electrons. The number of anilines is 1. The van der Waals surface area contributed by atoms with Crippen molar-refractivity contribution in [3.05, 3.63) is 23.8 Å². The van der Waals surface area contributed by atoms with Crippen LogP contribution in [0.25, 0.3) is 0 Å². The molecule has 0 unspecified atom stereocenters. The molecule has 7 heteroatoms. The molecule has 88 valence electrons. The monoisotopic (exact) mass is 248 g/mol. The normalized spacial score (nSPS) is 16.2. The summed E-state index contributed by atoms with van der Waals surface area (Å²) in [7, 11) is -4.14. The summed E-state index contributed by atoms with van der Waals surface area (Å²) in [5.74, 6) is -1.92. The maximum absolute atomic E-state index is 13.4. The number of halogens is 2. The van der Waals surface area contributed by atoms with Crippen LogP contribution in [-0.2, 0) is 10.0 Å². The second-order valence-electron chi connectivity index (χ2n) is 3.72. The quantitative estimate of drug-likeness (QED) is 0.843. The average molecular weight is 248 g/mol. The number of rotatable bonds is 3. The molecule has 1 saturated carbocycles. The van der Waals surface area contributed by atoms with Gasteiger partial charge in [-0.25, -0.2) is 22.3 Å². The van der Waals surface area contributed by atoms with Crippen LogP contribution in [0.1, 0.15) is 12.8 Å². The highest BCUT2D eigenvalue weighted by Crippen LogP contribution is 2.31. The molecule has 0 amide bonds. The first-order valence-electron chi connectivity index (χ1n) is 4.66. The Hall–Kier alpha value is -1.21. The van der Waals surface area contributed by atoms with E-state index in [9.17, 15) is 17.2 Å². The van der Waals surface area contributed by atoms with Gasteiger partial charge >= 0.3 is 0 Å². The van der Waals surface area contributed by atoms with E-state index in [1.54, 1.807) is 0 Å². The number of hydrogen-bond donors (Lipinski definition) is 2. The summed E-state index contributed by atoms with van der Waals surface area (Å²) in [6, 6.07) is 1.38. The van der Waals surface area contributed by atoms with Gasteiger partial charge in [0.15, 0.2) is 5.82 Å². The molecule has 0 saturated heterocycles. The number of nitrogens with one attached hydrogen (secondary N) is 1. The van der Waals surface area contributed by atoms with Crippen molar-refractivity contribution >= 4 is 15.7 Å². The molecule has 0 spiro atoms. The third-order valence-corrected chi connectivity index (χ3v) is 3.19. The largest absolute Gasteiger partial charge is 0.379 e. The standard InChI is InChI=1S/C9H10F2N2O2S/c10-5-3-7(11)9(13-6-1-2-6)8(4-5)16(12,14)15/h3-4,6,13H,1-2H2,(H2,12,14,15). The summed E-state index contributed by atoms with van der Waals surface area (Å²) in [4.78, 5) is -0.545. The lowest BCUT2D eigenvalue weighted by Crippen LogP contribution is -2.17. The van der Waals surface area contributed by atoms with Crippen LogP contribution in [0, 0.1) is 11.6 Å². The zero-order valence-electron chi connectivity index (χ0n) is 8.20. The fraction of sp³-hybridized carbons (Fsp3) is 0.333. The summed E-state index contributed by atoms with van der Waals surface area (Å²) < 4.78 is 48.6. The number of sulfonamides is 1. The van der Waals surface area contributed by atoms with Gasteiger partial charge in [-0.3, -0.25) is 0 Å². The number of nitrogens with two attached hydrogens (primary N) is 1. The van der Waals surface area contributed by atoms with E-state index < -0.39 is 26.6 Å². The number of hydrogen-bond acceptors (Lipinski definition) is 3. The topological polar surface area (TPSA) is 72.2 Å². The van der Waals surface area contributed by atoms with Gasteiger partial charge in [0.1, 0.15) is 10.7 Å². The molecule has 4 nitrogen and oxygen atoms in total. The Kier molecular flexibility index (Phi) is 2.59. The molecule has 0 aromatic heterocycles. The smallest absolute Gasteiger partial charge is 0.240 e. The Labute approximate surface area is 91.5 Å². The fourth-order valence-corrected chi connectivity index (χ4v) is 2.06. The summed E-state index contributed by atoms with van der Waals surface area (Å²) in [6.07, 6.45) is 1.67. The van der Waals surface area contributed by atoms with Gasteiger partial charge in [0, 0.05) is 12.1 Å². The van der Waals surface area contributed by atoms with E-state index in [0.29, 0.717) is 12.1 Å². The van der Waals surface area contributed by atoms with Gasteiger partial charge in [0.2, 0.25) is 10.0 Å². The van der Waals surface area contributed by atoms with Crippen molar-refractivity contribution in [3.8, 4) is 0 Å². The van der Waals surface area contributed by atoms with Gasteiger partial charge in [-0.2, -0.15) is 0 Å². The molecular formula is C9H10F2N2O2S. The van der Waals surface area contributed by atoms with Gasteiger partial charge in [-0.1, -0.05) is 0 Å². The minimum Gasteiger partial charge on any atom is -0.379 e. The Morgan fingerprint density at radius 3 is 2.44 bits per heavy atom. The Bertz CT molecular complexity index is 527. The lowest BCUT2D eigenvalue weighted by molar-refractivity contribution is 0.569. The molecule has 1 fully saturated rings. The molecule has 0 heterocycles. The summed E-state index contributed by atoms with van der Waals surface area (Å²) in [5, 5.41) is 7.58. The van der Waals surface area contributed by atoms with E-state index in [4.69, 9.17) is 5.14 Å². The van der Waals surface area contributed by atoms with E-state index in [0.717, 1.165) is 12.8 Å². The van der Waals surface area contributed by atoms with Gasteiger partial charge in [-0.05, 0) is 18.9 Å². The first-order chi connectivity index (χ1) is 7.38. The molecule has 2 rings (SSSR count). The fourth-order valence-electron chi connectivity index (χ4n) is 1.35. The molecule has 0 bridgehead atoms. The van der Waals surface area contributed by atoms with Gasteiger partial charge < -0.3 is 5.32 Å².